The summed E-state index contributed by atoms with van der Waals surface area (Å²) in [6, 6.07) is 14.5. The number of thioether (sulfide) groups is 1. The molecule has 0 aliphatic carbocycles. The predicted molar refractivity (Wildman–Crippen MR) is 77.5 cm³/mol. The van der Waals surface area contributed by atoms with Crippen LogP contribution >= 0.6 is 11.8 Å². The maximum absolute atomic E-state index is 10.9. The Morgan fingerprint density at radius 3 is 2.56 bits per heavy atom. The fourth-order valence-corrected chi connectivity index (χ4v) is 3.07. The highest BCUT2D eigenvalue weighted by molar-refractivity contribution is 7.99. The molecule has 0 saturated heterocycles. The summed E-state index contributed by atoms with van der Waals surface area (Å²) in [6.45, 7) is 0.455. The summed E-state index contributed by atoms with van der Waals surface area (Å²) in [4.78, 5) is 1.16. The van der Waals surface area contributed by atoms with Gasteiger partial charge in [0.15, 0.2) is 0 Å². The van der Waals surface area contributed by atoms with Crippen LogP contribution in [0.2, 0.25) is 0 Å². The smallest absolute Gasteiger partial charge is 0.208 e. The van der Waals surface area contributed by atoms with Crippen molar-refractivity contribution >= 4 is 32.6 Å². The molecule has 2 rings (SSSR count). The van der Waals surface area contributed by atoms with E-state index in [-0.39, 0.29) is 0 Å². The third-order valence-corrected chi connectivity index (χ3v) is 4.18. The number of sulfonamides is 1. The van der Waals surface area contributed by atoms with Crippen LogP contribution in [-0.2, 0) is 10.0 Å². The van der Waals surface area contributed by atoms with Gasteiger partial charge in [0, 0.05) is 17.2 Å². The van der Waals surface area contributed by atoms with Gasteiger partial charge in [0.1, 0.15) is 0 Å². The second kappa shape index (κ2) is 5.73. The summed E-state index contributed by atoms with van der Waals surface area (Å²) < 4.78 is 24.3. The van der Waals surface area contributed by atoms with Crippen LogP contribution in [0.1, 0.15) is 0 Å². The van der Waals surface area contributed by atoms with Crippen molar-refractivity contribution in [1.82, 2.24) is 4.72 Å². The van der Waals surface area contributed by atoms with Crippen molar-refractivity contribution in [2.24, 2.45) is 0 Å². The summed E-state index contributed by atoms with van der Waals surface area (Å²) in [5.41, 5.74) is 0. The molecule has 0 aliphatic heterocycles. The molecule has 5 heteroatoms. The Hall–Kier alpha value is -1.04. The van der Waals surface area contributed by atoms with Crippen LogP contribution in [0.4, 0.5) is 0 Å². The van der Waals surface area contributed by atoms with Gasteiger partial charge in [-0.1, -0.05) is 30.3 Å². The van der Waals surface area contributed by atoms with Crippen molar-refractivity contribution in [3.8, 4) is 0 Å². The lowest BCUT2D eigenvalue weighted by molar-refractivity contribution is 0.590. The minimum absolute atomic E-state index is 0.455. The molecule has 2 aromatic rings. The van der Waals surface area contributed by atoms with Gasteiger partial charge in [0.05, 0.1) is 6.26 Å². The molecule has 0 saturated carbocycles. The molecule has 0 heterocycles. The average Bonchev–Trinajstić information content (AvgIpc) is 2.33. The van der Waals surface area contributed by atoms with Crippen LogP contribution in [-0.4, -0.2) is 27.0 Å². The molecule has 18 heavy (non-hydrogen) atoms. The molecule has 0 radical (unpaired) electrons. The SMILES string of the molecule is CS(=O)(=O)NCCSc1ccc2ccccc2c1. The standard InChI is InChI=1S/C13H15NO2S2/c1-18(15,16)14-8-9-17-13-7-6-11-4-2-3-5-12(11)10-13/h2-7,10,14H,8-9H2,1H3. The predicted octanol–water partition coefficient (Wildman–Crippen LogP) is 2.48. The molecule has 96 valence electrons. The topological polar surface area (TPSA) is 46.2 Å². The number of fused-ring (bicyclic) bond motifs is 1. The maximum atomic E-state index is 10.9. The lowest BCUT2D eigenvalue weighted by atomic mass is 10.1. The van der Waals surface area contributed by atoms with Crippen molar-refractivity contribution in [3.05, 3.63) is 42.5 Å². The zero-order chi connectivity index (χ0) is 13.0. The summed E-state index contributed by atoms with van der Waals surface area (Å²) in [5, 5.41) is 2.43. The Balaban J connectivity index is 1.96. The molecule has 3 nitrogen and oxygen atoms in total. The second-order valence-electron chi connectivity index (χ2n) is 4.02. The summed E-state index contributed by atoms with van der Waals surface area (Å²) in [6.07, 6.45) is 1.17. The van der Waals surface area contributed by atoms with Gasteiger partial charge in [-0.05, 0) is 22.9 Å². The van der Waals surface area contributed by atoms with E-state index in [1.54, 1.807) is 11.8 Å². The van der Waals surface area contributed by atoms with E-state index in [1.807, 2.05) is 12.1 Å². The van der Waals surface area contributed by atoms with Crippen molar-refractivity contribution in [2.75, 3.05) is 18.6 Å². The van der Waals surface area contributed by atoms with E-state index in [9.17, 15) is 8.42 Å². The first-order chi connectivity index (χ1) is 8.54. The Kier molecular flexibility index (Phi) is 4.27. The molecule has 0 bridgehead atoms. The van der Waals surface area contributed by atoms with E-state index < -0.39 is 10.0 Å². The number of hydrogen-bond acceptors (Lipinski definition) is 3. The maximum Gasteiger partial charge on any atom is 0.208 e. The zero-order valence-electron chi connectivity index (χ0n) is 10.1. The summed E-state index contributed by atoms with van der Waals surface area (Å²) >= 11 is 1.65. The van der Waals surface area contributed by atoms with E-state index in [0.29, 0.717) is 6.54 Å². The van der Waals surface area contributed by atoms with Gasteiger partial charge in [0.25, 0.3) is 0 Å². The number of nitrogens with one attached hydrogen (secondary N) is 1. The molecule has 2 aromatic carbocycles. The molecule has 0 amide bonds. The van der Waals surface area contributed by atoms with Gasteiger partial charge in [-0.15, -0.1) is 11.8 Å². The van der Waals surface area contributed by atoms with E-state index in [2.05, 4.69) is 35.1 Å². The van der Waals surface area contributed by atoms with Gasteiger partial charge in [-0.3, -0.25) is 0 Å². The average molecular weight is 281 g/mol. The first kappa shape index (κ1) is 13.4. The van der Waals surface area contributed by atoms with E-state index in [1.165, 1.54) is 17.0 Å². The lowest BCUT2D eigenvalue weighted by Gasteiger charge is -2.04. The van der Waals surface area contributed by atoms with Crippen molar-refractivity contribution < 1.29 is 8.42 Å². The third-order valence-electron chi connectivity index (χ3n) is 2.46. The molecular formula is C13H15NO2S2. The highest BCUT2D eigenvalue weighted by Gasteiger charge is 2.00. The van der Waals surface area contributed by atoms with Gasteiger partial charge in [0.2, 0.25) is 10.0 Å². The van der Waals surface area contributed by atoms with Gasteiger partial charge < -0.3 is 0 Å². The normalized spacial score (nSPS) is 11.8. The Labute approximate surface area is 112 Å². The van der Waals surface area contributed by atoms with Crippen LogP contribution in [0.25, 0.3) is 10.8 Å². The summed E-state index contributed by atoms with van der Waals surface area (Å²) in [7, 11) is -3.08. The molecular weight excluding hydrogens is 266 g/mol. The minimum atomic E-state index is -3.08. The van der Waals surface area contributed by atoms with E-state index in [0.717, 1.165) is 10.6 Å². The fourth-order valence-electron chi connectivity index (χ4n) is 1.65. The Morgan fingerprint density at radius 2 is 1.83 bits per heavy atom. The zero-order valence-corrected chi connectivity index (χ0v) is 11.7. The molecule has 0 atom stereocenters. The van der Waals surface area contributed by atoms with Gasteiger partial charge in [-0.25, -0.2) is 13.1 Å². The van der Waals surface area contributed by atoms with Crippen LogP contribution in [0.5, 0.6) is 0 Å². The van der Waals surface area contributed by atoms with Crippen LogP contribution in [0, 0.1) is 0 Å². The highest BCUT2D eigenvalue weighted by atomic mass is 32.2. The number of benzene rings is 2. The molecule has 0 unspecified atom stereocenters. The van der Waals surface area contributed by atoms with E-state index in [4.69, 9.17) is 0 Å². The summed E-state index contributed by atoms with van der Waals surface area (Å²) in [5.74, 6) is 0.728. The number of rotatable bonds is 5. The van der Waals surface area contributed by atoms with Crippen molar-refractivity contribution in [1.29, 1.82) is 0 Å². The molecule has 0 aromatic heterocycles. The quantitative estimate of drug-likeness (QED) is 0.676. The van der Waals surface area contributed by atoms with Crippen LogP contribution in [0.15, 0.2) is 47.4 Å². The van der Waals surface area contributed by atoms with E-state index >= 15 is 0 Å². The third kappa shape index (κ3) is 4.01. The first-order valence-electron chi connectivity index (χ1n) is 5.61. The molecule has 0 spiro atoms. The fraction of sp³-hybridized carbons (Fsp3) is 0.231. The van der Waals surface area contributed by atoms with Crippen molar-refractivity contribution in [3.63, 3.8) is 0 Å². The number of hydrogen-bond donors (Lipinski definition) is 1. The second-order valence-corrected chi connectivity index (χ2v) is 7.03. The minimum Gasteiger partial charge on any atom is -0.215 e. The molecule has 0 aliphatic rings. The lowest BCUT2D eigenvalue weighted by Crippen LogP contribution is -2.24. The van der Waals surface area contributed by atoms with Crippen molar-refractivity contribution in [2.45, 2.75) is 4.90 Å². The Morgan fingerprint density at radius 1 is 1.11 bits per heavy atom. The monoisotopic (exact) mass is 281 g/mol. The highest BCUT2D eigenvalue weighted by Crippen LogP contribution is 2.23. The molecule has 1 N–H and O–H groups in total. The molecule has 0 fully saturated rings. The van der Waals surface area contributed by atoms with Crippen LogP contribution in [0.3, 0.4) is 0 Å². The first-order valence-corrected chi connectivity index (χ1v) is 8.48. The Bertz CT molecular complexity index is 638. The largest absolute Gasteiger partial charge is 0.215 e. The van der Waals surface area contributed by atoms with Crippen LogP contribution < -0.4 is 4.72 Å². The van der Waals surface area contributed by atoms with Gasteiger partial charge >= 0.3 is 0 Å². The van der Waals surface area contributed by atoms with Gasteiger partial charge in [-0.2, -0.15) is 0 Å².